The van der Waals surface area contributed by atoms with Crippen LogP contribution < -0.4 is 10.6 Å². The SMILES string of the molecule is CC(C)NC(=O)CCNCC1CCN(C)C1. The number of amides is 1. The van der Waals surface area contributed by atoms with E-state index >= 15 is 0 Å². The standard InChI is InChI=1S/C12H25N3O/c1-10(2)14-12(16)4-6-13-8-11-5-7-15(3)9-11/h10-11,13H,4-9H2,1-3H3,(H,14,16). The lowest BCUT2D eigenvalue weighted by molar-refractivity contribution is -0.121. The van der Waals surface area contributed by atoms with Gasteiger partial charge >= 0.3 is 0 Å². The zero-order valence-electron chi connectivity index (χ0n) is 10.8. The molecule has 0 aromatic carbocycles. The van der Waals surface area contributed by atoms with E-state index in [1.807, 2.05) is 13.8 Å². The Morgan fingerprint density at radius 2 is 2.25 bits per heavy atom. The molecule has 1 amide bonds. The van der Waals surface area contributed by atoms with Crippen LogP contribution in [0.15, 0.2) is 0 Å². The molecule has 4 nitrogen and oxygen atoms in total. The fourth-order valence-electron chi connectivity index (χ4n) is 2.10. The van der Waals surface area contributed by atoms with Gasteiger partial charge in [0.2, 0.25) is 5.91 Å². The lowest BCUT2D eigenvalue weighted by Crippen LogP contribution is -2.33. The predicted octanol–water partition coefficient (Wildman–Crippen LogP) is 0.442. The van der Waals surface area contributed by atoms with Crippen LogP contribution in [0.2, 0.25) is 0 Å². The third-order valence-corrected chi connectivity index (χ3v) is 2.90. The normalized spacial score (nSPS) is 21.6. The molecule has 1 saturated heterocycles. The zero-order chi connectivity index (χ0) is 12.0. The number of hydrogen-bond acceptors (Lipinski definition) is 3. The second kappa shape index (κ2) is 6.86. The van der Waals surface area contributed by atoms with Crippen molar-refractivity contribution >= 4 is 5.91 Å². The van der Waals surface area contributed by atoms with Crippen molar-refractivity contribution in [3.05, 3.63) is 0 Å². The lowest BCUT2D eigenvalue weighted by Gasteiger charge is -2.12. The molecule has 0 spiro atoms. The number of rotatable bonds is 6. The smallest absolute Gasteiger partial charge is 0.221 e. The molecule has 16 heavy (non-hydrogen) atoms. The predicted molar refractivity (Wildman–Crippen MR) is 66.4 cm³/mol. The molecular weight excluding hydrogens is 202 g/mol. The van der Waals surface area contributed by atoms with Gasteiger partial charge in [-0.3, -0.25) is 4.79 Å². The molecule has 4 heteroatoms. The van der Waals surface area contributed by atoms with Gasteiger partial charge in [-0.15, -0.1) is 0 Å². The van der Waals surface area contributed by atoms with Crippen molar-refractivity contribution in [2.75, 3.05) is 33.2 Å². The van der Waals surface area contributed by atoms with Crippen LogP contribution in [0.1, 0.15) is 26.7 Å². The summed E-state index contributed by atoms with van der Waals surface area (Å²) in [5.41, 5.74) is 0. The highest BCUT2D eigenvalue weighted by Crippen LogP contribution is 2.12. The Morgan fingerprint density at radius 3 is 2.81 bits per heavy atom. The second-order valence-electron chi connectivity index (χ2n) is 5.09. The molecule has 0 radical (unpaired) electrons. The maximum absolute atomic E-state index is 11.3. The van der Waals surface area contributed by atoms with E-state index in [0.717, 1.165) is 19.0 Å². The minimum atomic E-state index is 0.144. The summed E-state index contributed by atoms with van der Waals surface area (Å²) < 4.78 is 0. The molecule has 1 heterocycles. The first-order chi connectivity index (χ1) is 7.58. The molecule has 1 aliphatic rings. The number of carbonyl (C=O) groups excluding carboxylic acids is 1. The molecule has 1 rings (SSSR count). The third kappa shape index (κ3) is 5.47. The minimum absolute atomic E-state index is 0.144. The molecule has 1 atom stereocenters. The largest absolute Gasteiger partial charge is 0.354 e. The summed E-state index contributed by atoms with van der Waals surface area (Å²) in [6.07, 6.45) is 1.86. The number of carbonyl (C=O) groups is 1. The van der Waals surface area contributed by atoms with Crippen LogP contribution in [0, 0.1) is 5.92 Å². The van der Waals surface area contributed by atoms with Gasteiger partial charge in [0.25, 0.3) is 0 Å². The number of hydrogen-bond donors (Lipinski definition) is 2. The highest BCUT2D eigenvalue weighted by Gasteiger charge is 2.18. The van der Waals surface area contributed by atoms with Crippen molar-refractivity contribution in [1.29, 1.82) is 0 Å². The molecule has 0 bridgehead atoms. The Balaban J connectivity index is 1.97. The molecule has 94 valence electrons. The van der Waals surface area contributed by atoms with E-state index in [0.29, 0.717) is 6.42 Å². The van der Waals surface area contributed by atoms with Gasteiger partial charge in [0.05, 0.1) is 0 Å². The van der Waals surface area contributed by atoms with E-state index in [-0.39, 0.29) is 11.9 Å². The molecule has 0 aromatic heterocycles. The summed E-state index contributed by atoms with van der Waals surface area (Å²) in [5.74, 6) is 0.907. The van der Waals surface area contributed by atoms with Gasteiger partial charge in [-0.05, 0) is 46.3 Å². The summed E-state index contributed by atoms with van der Waals surface area (Å²) in [5, 5.41) is 6.26. The Labute approximate surface area is 98.8 Å². The molecule has 0 saturated carbocycles. The highest BCUT2D eigenvalue weighted by molar-refractivity contribution is 5.76. The highest BCUT2D eigenvalue weighted by atomic mass is 16.1. The van der Waals surface area contributed by atoms with E-state index in [1.54, 1.807) is 0 Å². The van der Waals surface area contributed by atoms with Crippen molar-refractivity contribution in [2.45, 2.75) is 32.7 Å². The summed E-state index contributed by atoms with van der Waals surface area (Å²) in [6, 6.07) is 0.246. The molecule has 1 aliphatic heterocycles. The Kier molecular flexibility index (Phi) is 5.77. The molecule has 0 aromatic rings. The molecule has 1 unspecified atom stereocenters. The van der Waals surface area contributed by atoms with Gasteiger partial charge in [0.1, 0.15) is 0 Å². The van der Waals surface area contributed by atoms with E-state index < -0.39 is 0 Å². The Bertz CT molecular complexity index is 218. The first kappa shape index (κ1) is 13.5. The van der Waals surface area contributed by atoms with Crippen LogP contribution in [0.4, 0.5) is 0 Å². The maximum atomic E-state index is 11.3. The fraction of sp³-hybridized carbons (Fsp3) is 0.917. The average Bonchev–Trinajstić information content (AvgIpc) is 2.58. The van der Waals surface area contributed by atoms with Crippen LogP contribution in [0.3, 0.4) is 0 Å². The molecule has 0 aliphatic carbocycles. The quantitative estimate of drug-likeness (QED) is 0.647. The topological polar surface area (TPSA) is 44.4 Å². The lowest BCUT2D eigenvalue weighted by atomic mass is 10.1. The Morgan fingerprint density at radius 1 is 1.50 bits per heavy atom. The van der Waals surface area contributed by atoms with Crippen molar-refractivity contribution in [1.82, 2.24) is 15.5 Å². The summed E-state index contributed by atoms with van der Waals surface area (Å²) >= 11 is 0. The first-order valence-corrected chi connectivity index (χ1v) is 6.26. The van der Waals surface area contributed by atoms with Gasteiger partial charge in [-0.25, -0.2) is 0 Å². The summed E-state index contributed by atoms with van der Waals surface area (Å²) in [7, 11) is 2.16. The van der Waals surface area contributed by atoms with Crippen LogP contribution in [-0.2, 0) is 4.79 Å². The summed E-state index contributed by atoms with van der Waals surface area (Å²) in [4.78, 5) is 13.7. The molecular formula is C12H25N3O. The van der Waals surface area contributed by atoms with E-state index in [9.17, 15) is 4.79 Å². The molecule has 1 fully saturated rings. The van der Waals surface area contributed by atoms with Gasteiger partial charge < -0.3 is 15.5 Å². The average molecular weight is 227 g/mol. The van der Waals surface area contributed by atoms with Gasteiger partial charge in [0, 0.05) is 25.6 Å². The van der Waals surface area contributed by atoms with Crippen LogP contribution in [0.25, 0.3) is 0 Å². The van der Waals surface area contributed by atoms with Gasteiger partial charge in [-0.1, -0.05) is 0 Å². The van der Waals surface area contributed by atoms with Crippen LogP contribution in [-0.4, -0.2) is 50.1 Å². The van der Waals surface area contributed by atoms with Crippen molar-refractivity contribution < 1.29 is 4.79 Å². The maximum Gasteiger partial charge on any atom is 0.221 e. The van der Waals surface area contributed by atoms with Crippen LogP contribution >= 0.6 is 0 Å². The van der Waals surface area contributed by atoms with Gasteiger partial charge in [-0.2, -0.15) is 0 Å². The van der Waals surface area contributed by atoms with E-state index in [4.69, 9.17) is 0 Å². The number of nitrogens with one attached hydrogen (secondary N) is 2. The van der Waals surface area contributed by atoms with E-state index in [2.05, 4.69) is 22.6 Å². The van der Waals surface area contributed by atoms with Crippen LogP contribution in [0.5, 0.6) is 0 Å². The van der Waals surface area contributed by atoms with Crippen molar-refractivity contribution in [3.8, 4) is 0 Å². The number of nitrogens with zero attached hydrogens (tertiary/aromatic N) is 1. The first-order valence-electron chi connectivity index (χ1n) is 6.26. The zero-order valence-corrected chi connectivity index (χ0v) is 10.8. The monoisotopic (exact) mass is 227 g/mol. The number of likely N-dealkylation sites (tertiary alicyclic amines) is 1. The van der Waals surface area contributed by atoms with Gasteiger partial charge in [0.15, 0.2) is 0 Å². The fourth-order valence-corrected chi connectivity index (χ4v) is 2.10. The minimum Gasteiger partial charge on any atom is -0.354 e. The van der Waals surface area contributed by atoms with Crippen molar-refractivity contribution in [2.24, 2.45) is 5.92 Å². The summed E-state index contributed by atoms with van der Waals surface area (Å²) in [6.45, 7) is 8.20. The van der Waals surface area contributed by atoms with E-state index in [1.165, 1.54) is 19.5 Å². The van der Waals surface area contributed by atoms with Crippen molar-refractivity contribution in [3.63, 3.8) is 0 Å². The Hall–Kier alpha value is -0.610. The second-order valence-corrected chi connectivity index (χ2v) is 5.09. The molecule has 2 N–H and O–H groups in total. The third-order valence-electron chi connectivity index (χ3n) is 2.90.